The molecule has 0 fully saturated rings. The van der Waals surface area contributed by atoms with E-state index >= 15 is 0 Å². The van der Waals surface area contributed by atoms with Crippen LogP contribution in [0.15, 0.2) is 30.3 Å². The average molecular weight is 345 g/mol. The molecule has 128 valence electrons. The Balaban J connectivity index is 0.000000448. The van der Waals surface area contributed by atoms with Crippen LogP contribution in [-0.2, 0) is 9.59 Å². The first kappa shape index (κ1) is 20.7. The van der Waals surface area contributed by atoms with Crippen LogP contribution >= 0.6 is 0 Å². The van der Waals surface area contributed by atoms with Crippen LogP contribution in [0.25, 0.3) is 10.8 Å². The van der Waals surface area contributed by atoms with Gasteiger partial charge < -0.3 is 15.9 Å². The van der Waals surface area contributed by atoms with Crippen molar-refractivity contribution in [2.75, 3.05) is 5.73 Å². The SMILES string of the molecule is C#Cc1c(F)ccc2cc(N)ccc12.O=C(O)C(F)(F)F.O=CO. The number of anilines is 1. The van der Waals surface area contributed by atoms with Crippen molar-refractivity contribution in [1.29, 1.82) is 0 Å². The van der Waals surface area contributed by atoms with Gasteiger partial charge in [-0.25, -0.2) is 9.18 Å². The Bertz CT molecular complexity index is 766. The fourth-order valence-corrected chi connectivity index (χ4v) is 1.47. The molecule has 0 amide bonds. The van der Waals surface area contributed by atoms with Crippen LogP contribution in [0.3, 0.4) is 0 Å². The van der Waals surface area contributed by atoms with Gasteiger partial charge in [-0.3, -0.25) is 4.79 Å². The molecule has 0 saturated carbocycles. The van der Waals surface area contributed by atoms with Crippen LogP contribution in [-0.4, -0.2) is 28.8 Å². The summed E-state index contributed by atoms with van der Waals surface area (Å²) >= 11 is 0. The van der Waals surface area contributed by atoms with E-state index in [1.165, 1.54) is 6.07 Å². The van der Waals surface area contributed by atoms with Crippen LogP contribution in [0.2, 0.25) is 0 Å². The molecule has 0 aliphatic heterocycles. The van der Waals surface area contributed by atoms with Crippen molar-refractivity contribution in [1.82, 2.24) is 0 Å². The second-order valence-corrected chi connectivity index (χ2v) is 3.96. The van der Waals surface area contributed by atoms with Crippen molar-refractivity contribution in [3.63, 3.8) is 0 Å². The first-order valence-electron chi connectivity index (χ1n) is 5.90. The second kappa shape index (κ2) is 8.99. The lowest BCUT2D eigenvalue weighted by atomic mass is 10.0. The number of halogens is 4. The summed E-state index contributed by atoms with van der Waals surface area (Å²) in [6, 6.07) is 8.25. The number of nitrogens with two attached hydrogens (primary N) is 1. The molecule has 5 nitrogen and oxygen atoms in total. The largest absolute Gasteiger partial charge is 0.490 e. The molecular weight excluding hydrogens is 334 g/mol. The van der Waals surface area contributed by atoms with E-state index in [4.69, 9.17) is 32.0 Å². The molecule has 0 aliphatic carbocycles. The molecule has 0 heterocycles. The minimum absolute atomic E-state index is 0.250. The molecule has 0 atom stereocenters. The predicted octanol–water partition coefficient (Wildman–Crippen LogP) is 2.88. The van der Waals surface area contributed by atoms with Crippen LogP contribution in [0, 0.1) is 18.2 Å². The molecule has 0 saturated heterocycles. The number of terminal acetylenes is 1. The van der Waals surface area contributed by atoms with E-state index in [1.807, 2.05) is 0 Å². The molecule has 24 heavy (non-hydrogen) atoms. The number of rotatable bonds is 0. The highest BCUT2D eigenvalue weighted by molar-refractivity contribution is 5.90. The van der Waals surface area contributed by atoms with Gasteiger partial charge in [-0.15, -0.1) is 6.42 Å². The standard InChI is InChI=1S/C12H8FN.C2HF3O2.CH2O2/c1-2-10-11-5-4-9(14)7-8(11)3-6-12(10)13;3-2(4,5)1(6)7;2-1-3/h1,3-7H,14H2;(H,6,7);1H,(H,2,3). The lowest BCUT2D eigenvalue weighted by Gasteiger charge is -2.03. The van der Waals surface area contributed by atoms with Gasteiger partial charge in [-0.2, -0.15) is 13.2 Å². The van der Waals surface area contributed by atoms with Gasteiger partial charge in [0.25, 0.3) is 6.47 Å². The Morgan fingerprint density at radius 2 is 1.75 bits per heavy atom. The summed E-state index contributed by atoms with van der Waals surface area (Å²) in [5.74, 6) is -0.786. The minimum Gasteiger partial charge on any atom is -0.483 e. The Morgan fingerprint density at radius 3 is 2.17 bits per heavy atom. The number of hydrogen-bond donors (Lipinski definition) is 3. The zero-order valence-corrected chi connectivity index (χ0v) is 11.8. The van der Waals surface area contributed by atoms with Crippen molar-refractivity contribution in [2.24, 2.45) is 0 Å². The third-order valence-electron chi connectivity index (χ3n) is 2.38. The van der Waals surface area contributed by atoms with Crippen molar-refractivity contribution >= 4 is 28.9 Å². The zero-order chi connectivity index (χ0) is 18.9. The van der Waals surface area contributed by atoms with Gasteiger partial charge in [0.1, 0.15) is 5.82 Å². The van der Waals surface area contributed by atoms with E-state index in [0.29, 0.717) is 11.3 Å². The normalized spacial score (nSPS) is 9.62. The summed E-state index contributed by atoms with van der Waals surface area (Å²) in [5, 5.41) is 15.6. The number of fused-ring (bicyclic) bond motifs is 1. The first-order chi connectivity index (χ1) is 11.1. The van der Waals surface area contributed by atoms with E-state index in [9.17, 15) is 17.6 Å². The van der Waals surface area contributed by atoms with E-state index in [0.717, 1.165) is 10.8 Å². The third-order valence-corrected chi connectivity index (χ3v) is 2.38. The number of benzene rings is 2. The predicted molar refractivity (Wildman–Crippen MR) is 78.6 cm³/mol. The van der Waals surface area contributed by atoms with Crippen LogP contribution < -0.4 is 5.73 Å². The van der Waals surface area contributed by atoms with Crippen molar-refractivity contribution in [3.05, 3.63) is 41.7 Å². The van der Waals surface area contributed by atoms with E-state index in [1.54, 1.807) is 24.3 Å². The summed E-state index contributed by atoms with van der Waals surface area (Å²) in [4.78, 5) is 17.3. The summed E-state index contributed by atoms with van der Waals surface area (Å²) in [6.07, 6.45) is 0.150. The summed E-state index contributed by atoms with van der Waals surface area (Å²) in [5.41, 5.74) is 6.55. The second-order valence-electron chi connectivity index (χ2n) is 3.96. The maximum Gasteiger partial charge on any atom is 0.490 e. The molecule has 0 aromatic heterocycles. The van der Waals surface area contributed by atoms with E-state index in [2.05, 4.69) is 5.92 Å². The van der Waals surface area contributed by atoms with Gasteiger partial charge >= 0.3 is 12.1 Å². The molecule has 2 rings (SSSR count). The highest BCUT2D eigenvalue weighted by atomic mass is 19.4. The highest BCUT2D eigenvalue weighted by Gasteiger charge is 2.38. The molecular formula is C15H11F4NO4. The highest BCUT2D eigenvalue weighted by Crippen LogP contribution is 2.22. The molecule has 0 bridgehead atoms. The number of nitrogen functional groups attached to an aromatic ring is 1. The summed E-state index contributed by atoms with van der Waals surface area (Å²) in [7, 11) is 0. The van der Waals surface area contributed by atoms with Crippen LogP contribution in [0.4, 0.5) is 23.2 Å². The van der Waals surface area contributed by atoms with E-state index in [-0.39, 0.29) is 12.3 Å². The summed E-state index contributed by atoms with van der Waals surface area (Å²) in [6.45, 7) is -0.250. The number of carboxylic acids is 1. The number of hydrogen-bond acceptors (Lipinski definition) is 3. The maximum atomic E-state index is 13.2. The Kier molecular flexibility index (Phi) is 7.76. The van der Waals surface area contributed by atoms with Gasteiger partial charge in [0, 0.05) is 11.1 Å². The van der Waals surface area contributed by atoms with Gasteiger partial charge in [-0.1, -0.05) is 18.1 Å². The Labute approximate surface area is 133 Å². The van der Waals surface area contributed by atoms with Gasteiger partial charge in [0.2, 0.25) is 0 Å². The maximum absolute atomic E-state index is 13.2. The summed E-state index contributed by atoms with van der Waals surface area (Å²) < 4.78 is 45.0. The molecule has 9 heteroatoms. The van der Waals surface area contributed by atoms with Crippen molar-refractivity contribution in [3.8, 4) is 12.3 Å². The zero-order valence-electron chi connectivity index (χ0n) is 11.8. The fourth-order valence-electron chi connectivity index (χ4n) is 1.47. The quantitative estimate of drug-likeness (QED) is 0.295. The van der Waals surface area contributed by atoms with Gasteiger partial charge in [0.05, 0.1) is 5.56 Å². The first-order valence-corrected chi connectivity index (χ1v) is 5.90. The topological polar surface area (TPSA) is 101 Å². The molecule has 2 aromatic rings. The minimum atomic E-state index is -5.08. The van der Waals surface area contributed by atoms with Crippen molar-refractivity contribution < 1.29 is 37.4 Å². The molecule has 0 unspecified atom stereocenters. The number of aliphatic carboxylic acids is 1. The van der Waals surface area contributed by atoms with Crippen LogP contribution in [0.5, 0.6) is 0 Å². The monoisotopic (exact) mass is 345 g/mol. The lowest BCUT2D eigenvalue weighted by molar-refractivity contribution is -0.192. The van der Waals surface area contributed by atoms with Gasteiger partial charge in [0.15, 0.2) is 0 Å². The molecule has 4 N–H and O–H groups in total. The Hall–Kier alpha value is -3.28. The lowest BCUT2D eigenvalue weighted by Crippen LogP contribution is -2.21. The van der Waals surface area contributed by atoms with E-state index < -0.39 is 12.1 Å². The smallest absolute Gasteiger partial charge is 0.483 e. The molecule has 2 aromatic carbocycles. The fraction of sp³-hybridized carbons (Fsp3) is 0.0667. The molecule has 0 aliphatic rings. The number of carbonyl (C=O) groups is 2. The number of carboxylic acid groups (broad SMARTS) is 2. The number of alkyl halides is 3. The Morgan fingerprint density at radius 1 is 1.25 bits per heavy atom. The third kappa shape index (κ3) is 6.23. The molecule has 0 spiro atoms. The average Bonchev–Trinajstić information content (AvgIpc) is 2.48. The van der Waals surface area contributed by atoms with Gasteiger partial charge in [-0.05, 0) is 23.6 Å². The van der Waals surface area contributed by atoms with Crippen molar-refractivity contribution in [2.45, 2.75) is 6.18 Å². The molecule has 0 radical (unpaired) electrons. The van der Waals surface area contributed by atoms with Crippen LogP contribution in [0.1, 0.15) is 5.56 Å².